The van der Waals surface area contributed by atoms with Crippen molar-refractivity contribution in [3.63, 3.8) is 0 Å². The zero-order valence-electron chi connectivity index (χ0n) is 14.0. The van der Waals surface area contributed by atoms with Crippen molar-refractivity contribution in [2.45, 2.75) is 89.1 Å². The van der Waals surface area contributed by atoms with E-state index in [4.69, 9.17) is 0 Å². The molecule has 0 heterocycles. The Kier molecular flexibility index (Phi) is 5.80. The van der Waals surface area contributed by atoms with E-state index in [0.29, 0.717) is 30.6 Å². The van der Waals surface area contributed by atoms with Crippen LogP contribution in [0.15, 0.2) is 0 Å². The largest absolute Gasteiger partial charge is 0.247 e. The third-order valence-corrected chi connectivity index (χ3v) is 7.64. The van der Waals surface area contributed by atoms with Gasteiger partial charge in [0.15, 0.2) is 0 Å². The smallest absolute Gasteiger partial charge is 0.103 e. The van der Waals surface area contributed by atoms with E-state index in [-0.39, 0.29) is 11.8 Å². The van der Waals surface area contributed by atoms with E-state index in [1.807, 2.05) is 0 Å². The van der Waals surface area contributed by atoms with Crippen molar-refractivity contribution in [3.8, 4) is 0 Å². The van der Waals surface area contributed by atoms with Crippen LogP contribution in [0.1, 0.15) is 71.1 Å². The maximum absolute atomic E-state index is 14.8. The van der Waals surface area contributed by atoms with Gasteiger partial charge >= 0.3 is 0 Å². The van der Waals surface area contributed by atoms with E-state index >= 15 is 0 Å². The summed E-state index contributed by atoms with van der Waals surface area (Å²) in [7, 11) is 2.93. The zero-order valence-corrected chi connectivity index (χ0v) is 15.2. The molecule has 0 nitrogen and oxygen atoms in total. The molecule has 0 N–H and O–H groups in total. The van der Waals surface area contributed by atoms with Crippen molar-refractivity contribution in [2.75, 3.05) is 0 Å². The Balaban J connectivity index is 1.53. The molecule has 0 radical (unpaired) electrons. The van der Waals surface area contributed by atoms with Gasteiger partial charge in [0.05, 0.1) is 0 Å². The first kappa shape index (κ1) is 17.1. The summed E-state index contributed by atoms with van der Waals surface area (Å²) in [4.78, 5) is 0. The summed E-state index contributed by atoms with van der Waals surface area (Å²) in [6.45, 7) is 2.15. The zero-order chi connectivity index (χ0) is 15.7. The molecule has 0 saturated heterocycles. The van der Waals surface area contributed by atoms with Gasteiger partial charge in [-0.2, -0.15) is 0 Å². The van der Waals surface area contributed by atoms with Gasteiger partial charge in [-0.05, 0) is 93.0 Å². The predicted molar refractivity (Wildman–Crippen MR) is 92.6 cm³/mol. The molecule has 0 amide bonds. The normalized spacial score (nSPS) is 50.7. The van der Waals surface area contributed by atoms with Gasteiger partial charge in [0.1, 0.15) is 12.3 Å². The molecule has 0 aromatic rings. The highest BCUT2D eigenvalue weighted by Gasteiger charge is 2.42. The van der Waals surface area contributed by atoms with Gasteiger partial charge in [-0.1, -0.05) is 13.3 Å². The Hall–Kier alpha value is 0.290. The number of rotatable bonds is 2. The fourth-order valence-corrected chi connectivity index (χ4v) is 5.91. The van der Waals surface area contributed by atoms with E-state index in [1.165, 1.54) is 25.7 Å². The SMILES string of the molecule is CC1CCC(C2CCC(C3CCC(P)CC3)C(F)C2)C(F)C1. The van der Waals surface area contributed by atoms with Crippen molar-refractivity contribution < 1.29 is 8.78 Å². The van der Waals surface area contributed by atoms with Crippen LogP contribution in [0.3, 0.4) is 0 Å². The average molecular weight is 330 g/mol. The van der Waals surface area contributed by atoms with E-state index in [2.05, 4.69) is 16.2 Å². The lowest BCUT2D eigenvalue weighted by Gasteiger charge is -2.43. The molecule has 0 bridgehead atoms. The molecule has 3 fully saturated rings. The second-order valence-corrected chi connectivity index (χ2v) is 9.47. The topological polar surface area (TPSA) is 0 Å². The molecule has 3 aliphatic rings. The van der Waals surface area contributed by atoms with E-state index < -0.39 is 12.3 Å². The van der Waals surface area contributed by atoms with Crippen molar-refractivity contribution in [1.29, 1.82) is 0 Å². The fraction of sp³-hybridized carbons (Fsp3) is 1.00. The fourth-order valence-electron chi connectivity index (χ4n) is 5.53. The lowest BCUT2D eigenvalue weighted by molar-refractivity contribution is 0.0113. The Morgan fingerprint density at radius 1 is 0.682 bits per heavy atom. The van der Waals surface area contributed by atoms with Gasteiger partial charge in [0, 0.05) is 0 Å². The summed E-state index contributed by atoms with van der Waals surface area (Å²) in [6.07, 6.45) is 9.12. The second kappa shape index (κ2) is 7.45. The third-order valence-electron chi connectivity index (χ3n) is 6.98. The minimum Gasteiger partial charge on any atom is -0.247 e. The van der Waals surface area contributed by atoms with Crippen LogP contribution in [0, 0.1) is 29.6 Å². The lowest BCUT2D eigenvalue weighted by atomic mass is 9.64. The van der Waals surface area contributed by atoms with Crippen molar-refractivity contribution in [1.82, 2.24) is 0 Å². The van der Waals surface area contributed by atoms with Crippen LogP contribution in [0.25, 0.3) is 0 Å². The minimum absolute atomic E-state index is 0.151. The second-order valence-electron chi connectivity index (χ2n) is 8.53. The highest BCUT2D eigenvalue weighted by atomic mass is 31.0. The minimum atomic E-state index is -0.676. The standard InChI is InChI=1S/C19H33F2P/c1-12-2-8-17(18(20)10-12)14-5-9-16(19(21)11-14)13-3-6-15(22)7-4-13/h12-19H,2-11,22H2,1H3. The average Bonchev–Trinajstić information content (AvgIpc) is 2.48. The van der Waals surface area contributed by atoms with Gasteiger partial charge in [-0.3, -0.25) is 0 Å². The first-order valence-electron chi connectivity index (χ1n) is 9.58. The quantitative estimate of drug-likeness (QED) is 0.549. The molecule has 0 aromatic heterocycles. The van der Waals surface area contributed by atoms with Gasteiger partial charge in [0.25, 0.3) is 0 Å². The van der Waals surface area contributed by atoms with Gasteiger partial charge in [-0.25, -0.2) is 8.78 Å². The van der Waals surface area contributed by atoms with E-state index in [0.717, 1.165) is 31.3 Å². The van der Waals surface area contributed by atoms with Gasteiger partial charge < -0.3 is 0 Å². The van der Waals surface area contributed by atoms with Crippen LogP contribution in [0.5, 0.6) is 0 Å². The Bertz CT molecular complexity index is 353. The molecule has 0 aromatic carbocycles. The Morgan fingerprint density at radius 3 is 1.86 bits per heavy atom. The Morgan fingerprint density at radius 2 is 1.23 bits per heavy atom. The van der Waals surface area contributed by atoms with Crippen LogP contribution in [-0.4, -0.2) is 18.0 Å². The third kappa shape index (κ3) is 3.85. The molecule has 22 heavy (non-hydrogen) atoms. The first-order valence-corrected chi connectivity index (χ1v) is 10.2. The van der Waals surface area contributed by atoms with Crippen LogP contribution in [-0.2, 0) is 0 Å². The maximum atomic E-state index is 14.8. The predicted octanol–water partition coefficient (Wildman–Crippen LogP) is 5.95. The first-order chi connectivity index (χ1) is 10.5. The van der Waals surface area contributed by atoms with Crippen LogP contribution in [0.4, 0.5) is 8.78 Å². The highest BCUT2D eigenvalue weighted by Crippen LogP contribution is 2.47. The summed E-state index contributed by atoms with van der Waals surface area (Å²) >= 11 is 0. The number of hydrogen-bond acceptors (Lipinski definition) is 0. The van der Waals surface area contributed by atoms with Crippen molar-refractivity contribution in [2.24, 2.45) is 29.6 Å². The lowest BCUT2D eigenvalue weighted by Crippen LogP contribution is -2.39. The van der Waals surface area contributed by atoms with E-state index in [1.54, 1.807) is 0 Å². The van der Waals surface area contributed by atoms with Gasteiger partial charge in [0.2, 0.25) is 0 Å². The molecular formula is C19H33F2P. The molecule has 7 unspecified atom stereocenters. The maximum Gasteiger partial charge on any atom is 0.103 e. The Labute approximate surface area is 137 Å². The van der Waals surface area contributed by atoms with E-state index in [9.17, 15) is 8.78 Å². The number of alkyl halides is 2. The molecule has 3 rings (SSSR count). The molecule has 128 valence electrons. The number of hydrogen-bond donors (Lipinski definition) is 0. The summed E-state index contributed by atoms with van der Waals surface area (Å²) in [5, 5.41) is 0. The molecule has 3 saturated carbocycles. The molecule has 0 aliphatic heterocycles. The summed E-state index contributed by atoms with van der Waals surface area (Å²) in [5.41, 5.74) is 0.752. The molecular weight excluding hydrogens is 297 g/mol. The molecule has 7 atom stereocenters. The monoisotopic (exact) mass is 330 g/mol. The summed E-state index contributed by atoms with van der Waals surface area (Å²) in [5.74, 6) is 1.85. The van der Waals surface area contributed by atoms with Crippen molar-refractivity contribution >= 4 is 9.24 Å². The van der Waals surface area contributed by atoms with Crippen LogP contribution in [0.2, 0.25) is 0 Å². The van der Waals surface area contributed by atoms with Crippen LogP contribution >= 0.6 is 9.24 Å². The van der Waals surface area contributed by atoms with Crippen molar-refractivity contribution in [3.05, 3.63) is 0 Å². The van der Waals surface area contributed by atoms with Gasteiger partial charge in [-0.15, -0.1) is 9.24 Å². The summed E-state index contributed by atoms with van der Waals surface area (Å²) < 4.78 is 29.2. The summed E-state index contributed by atoms with van der Waals surface area (Å²) in [6, 6.07) is 0. The molecule has 3 aliphatic carbocycles. The highest BCUT2D eigenvalue weighted by molar-refractivity contribution is 7.17. The molecule has 0 spiro atoms. The van der Waals surface area contributed by atoms with Crippen LogP contribution < -0.4 is 0 Å². The molecule has 3 heteroatoms. The number of halogens is 2.